The molecule has 1 N–H and O–H groups in total. The van der Waals surface area contributed by atoms with Crippen LogP contribution in [0.15, 0.2) is 36.7 Å². The van der Waals surface area contributed by atoms with Gasteiger partial charge in [-0.25, -0.2) is 0 Å². The number of rotatable bonds is 2. The quantitative estimate of drug-likeness (QED) is 0.896. The van der Waals surface area contributed by atoms with Gasteiger partial charge < -0.3 is 5.32 Å². The molecule has 2 aromatic rings. The van der Waals surface area contributed by atoms with Crippen molar-refractivity contribution in [3.8, 4) is 0 Å². The highest BCUT2D eigenvalue weighted by Gasteiger charge is 2.27. The highest BCUT2D eigenvalue weighted by Crippen LogP contribution is 2.33. The molecule has 0 amide bonds. The van der Waals surface area contributed by atoms with Crippen LogP contribution in [0.25, 0.3) is 0 Å². The number of pyridine rings is 1. The molecule has 2 atom stereocenters. The molecule has 1 aliphatic heterocycles. The predicted octanol–water partition coefficient (Wildman–Crippen LogP) is 3.71. The summed E-state index contributed by atoms with van der Waals surface area (Å²) in [6.07, 6.45) is 6.11. The Morgan fingerprint density at radius 2 is 2.15 bits per heavy atom. The van der Waals surface area contributed by atoms with Crippen molar-refractivity contribution in [3.63, 3.8) is 0 Å². The monoisotopic (exact) mass is 266 g/mol. The predicted molar refractivity (Wildman–Crippen MR) is 82.9 cm³/mol. The van der Waals surface area contributed by atoms with E-state index >= 15 is 0 Å². The average molecular weight is 266 g/mol. The van der Waals surface area contributed by atoms with Crippen molar-refractivity contribution >= 4 is 0 Å². The number of aryl methyl sites for hydroxylation is 2. The standard InChI is InChI=1S/C18H22N2/c1-4-15-10-16-13(3)8-12(2)9-17(16)18(20-15)14-6-5-7-19-11-14/h5-9,11,15,18,20H,4,10H2,1-3H3. The fourth-order valence-electron chi connectivity index (χ4n) is 3.28. The van der Waals surface area contributed by atoms with E-state index in [2.05, 4.69) is 49.3 Å². The van der Waals surface area contributed by atoms with Gasteiger partial charge in [0.05, 0.1) is 6.04 Å². The smallest absolute Gasteiger partial charge is 0.0597 e. The Hall–Kier alpha value is -1.67. The van der Waals surface area contributed by atoms with Crippen LogP contribution >= 0.6 is 0 Å². The molecular weight excluding hydrogens is 244 g/mol. The molecule has 3 rings (SSSR count). The van der Waals surface area contributed by atoms with Gasteiger partial charge in [0.1, 0.15) is 0 Å². The Bertz CT molecular complexity index is 604. The van der Waals surface area contributed by atoms with Crippen molar-refractivity contribution in [3.05, 3.63) is 64.5 Å². The second-order valence-corrected chi connectivity index (χ2v) is 5.84. The van der Waals surface area contributed by atoms with Crippen LogP contribution in [0.2, 0.25) is 0 Å². The minimum absolute atomic E-state index is 0.274. The van der Waals surface area contributed by atoms with E-state index in [0.29, 0.717) is 6.04 Å². The Morgan fingerprint density at radius 1 is 1.30 bits per heavy atom. The number of nitrogens with one attached hydrogen (secondary N) is 1. The Morgan fingerprint density at radius 3 is 2.85 bits per heavy atom. The Balaban J connectivity index is 2.12. The van der Waals surface area contributed by atoms with Crippen molar-refractivity contribution in [2.75, 3.05) is 0 Å². The van der Waals surface area contributed by atoms with Gasteiger partial charge >= 0.3 is 0 Å². The number of fused-ring (bicyclic) bond motifs is 1. The molecule has 20 heavy (non-hydrogen) atoms. The van der Waals surface area contributed by atoms with Gasteiger partial charge in [0, 0.05) is 18.4 Å². The highest BCUT2D eigenvalue weighted by atomic mass is 15.0. The van der Waals surface area contributed by atoms with Crippen LogP contribution in [0.1, 0.15) is 47.2 Å². The van der Waals surface area contributed by atoms with Gasteiger partial charge in [-0.15, -0.1) is 0 Å². The lowest BCUT2D eigenvalue weighted by molar-refractivity contribution is 0.426. The summed E-state index contributed by atoms with van der Waals surface area (Å²) in [5.74, 6) is 0. The SMILES string of the molecule is CCC1Cc2c(C)cc(C)cc2C(c2cccnc2)N1. The summed E-state index contributed by atoms with van der Waals surface area (Å²) in [5, 5.41) is 3.79. The lowest BCUT2D eigenvalue weighted by atomic mass is 9.83. The molecule has 0 bridgehead atoms. The van der Waals surface area contributed by atoms with Gasteiger partial charge in [-0.1, -0.05) is 30.7 Å². The Kier molecular flexibility index (Phi) is 3.58. The minimum atomic E-state index is 0.274. The van der Waals surface area contributed by atoms with Gasteiger partial charge in [0.2, 0.25) is 0 Å². The summed E-state index contributed by atoms with van der Waals surface area (Å²) < 4.78 is 0. The van der Waals surface area contributed by atoms with E-state index in [1.165, 1.54) is 27.8 Å². The number of aromatic nitrogens is 1. The molecule has 2 nitrogen and oxygen atoms in total. The van der Waals surface area contributed by atoms with Crippen LogP contribution in [0.5, 0.6) is 0 Å². The zero-order valence-corrected chi connectivity index (χ0v) is 12.5. The fraction of sp³-hybridized carbons (Fsp3) is 0.389. The summed E-state index contributed by atoms with van der Waals surface area (Å²) in [7, 11) is 0. The summed E-state index contributed by atoms with van der Waals surface area (Å²) >= 11 is 0. The largest absolute Gasteiger partial charge is 0.303 e. The van der Waals surface area contributed by atoms with Crippen molar-refractivity contribution in [1.82, 2.24) is 10.3 Å². The number of nitrogens with zero attached hydrogens (tertiary/aromatic N) is 1. The topological polar surface area (TPSA) is 24.9 Å². The highest BCUT2D eigenvalue weighted by molar-refractivity contribution is 5.45. The third kappa shape index (κ3) is 2.36. The van der Waals surface area contributed by atoms with Gasteiger partial charge in [-0.2, -0.15) is 0 Å². The van der Waals surface area contributed by atoms with Gasteiger partial charge in [-0.3, -0.25) is 4.98 Å². The molecule has 2 heterocycles. The number of hydrogen-bond acceptors (Lipinski definition) is 2. The average Bonchev–Trinajstić information content (AvgIpc) is 2.47. The summed E-state index contributed by atoms with van der Waals surface area (Å²) in [4.78, 5) is 4.29. The first-order chi connectivity index (χ1) is 9.69. The van der Waals surface area contributed by atoms with E-state index in [1.807, 2.05) is 18.5 Å². The second kappa shape index (κ2) is 5.37. The molecule has 0 radical (unpaired) electrons. The summed E-state index contributed by atoms with van der Waals surface area (Å²) in [6, 6.07) is 9.65. The zero-order valence-electron chi connectivity index (χ0n) is 12.5. The first kappa shape index (κ1) is 13.3. The van der Waals surface area contributed by atoms with E-state index in [1.54, 1.807) is 0 Å². The third-order valence-corrected chi connectivity index (χ3v) is 4.33. The Labute approximate surface area is 121 Å². The summed E-state index contributed by atoms with van der Waals surface area (Å²) in [5.41, 5.74) is 6.98. The lowest BCUT2D eigenvalue weighted by Gasteiger charge is -2.34. The molecular formula is C18H22N2. The number of benzene rings is 1. The normalized spacial score (nSPS) is 21.6. The third-order valence-electron chi connectivity index (χ3n) is 4.33. The first-order valence-corrected chi connectivity index (χ1v) is 7.45. The van der Waals surface area contributed by atoms with Crippen LogP contribution in [0.4, 0.5) is 0 Å². The molecule has 104 valence electrons. The molecule has 1 aromatic carbocycles. The van der Waals surface area contributed by atoms with Gasteiger partial charge in [0.25, 0.3) is 0 Å². The minimum Gasteiger partial charge on any atom is -0.303 e. The number of hydrogen-bond donors (Lipinski definition) is 1. The van der Waals surface area contributed by atoms with Crippen molar-refractivity contribution < 1.29 is 0 Å². The van der Waals surface area contributed by atoms with E-state index in [4.69, 9.17) is 0 Å². The molecule has 2 unspecified atom stereocenters. The van der Waals surface area contributed by atoms with E-state index in [-0.39, 0.29) is 6.04 Å². The van der Waals surface area contributed by atoms with E-state index in [9.17, 15) is 0 Å². The zero-order chi connectivity index (χ0) is 14.1. The van der Waals surface area contributed by atoms with Gasteiger partial charge in [0.15, 0.2) is 0 Å². The molecule has 1 aliphatic rings. The maximum atomic E-state index is 4.29. The first-order valence-electron chi connectivity index (χ1n) is 7.45. The molecule has 0 saturated carbocycles. The maximum Gasteiger partial charge on any atom is 0.0597 e. The molecule has 0 fully saturated rings. The van der Waals surface area contributed by atoms with Crippen LogP contribution in [-0.2, 0) is 6.42 Å². The van der Waals surface area contributed by atoms with Crippen LogP contribution in [0, 0.1) is 13.8 Å². The van der Waals surface area contributed by atoms with Crippen molar-refractivity contribution in [1.29, 1.82) is 0 Å². The van der Waals surface area contributed by atoms with Crippen molar-refractivity contribution in [2.24, 2.45) is 0 Å². The second-order valence-electron chi connectivity index (χ2n) is 5.84. The van der Waals surface area contributed by atoms with Crippen LogP contribution < -0.4 is 5.32 Å². The molecule has 2 heteroatoms. The van der Waals surface area contributed by atoms with Crippen molar-refractivity contribution in [2.45, 2.75) is 45.7 Å². The summed E-state index contributed by atoms with van der Waals surface area (Å²) in [6.45, 7) is 6.68. The van der Waals surface area contributed by atoms with E-state index in [0.717, 1.165) is 12.8 Å². The fourth-order valence-corrected chi connectivity index (χ4v) is 3.28. The maximum absolute atomic E-state index is 4.29. The molecule has 0 spiro atoms. The molecule has 1 aromatic heterocycles. The van der Waals surface area contributed by atoms with Crippen LogP contribution in [-0.4, -0.2) is 11.0 Å². The lowest BCUT2D eigenvalue weighted by Crippen LogP contribution is -2.40. The van der Waals surface area contributed by atoms with E-state index < -0.39 is 0 Å². The van der Waals surface area contributed by atoms with Crippen LogP contribution in [0.3, 0.4) is 0 Å². The van der Waals surface area contributed by atoms with Gasteiger partial charge in [-0.05, 0) is 55.0 Å². The molecule has 0 saturated heterocycles. The molecule has 0 aliphatic carbocycles.